The van der Waals surface area contributed by atoms with Crippen LogP contribution in [0.4, 0.5) is 0 Å². The van der Waals surface area contributed by atoms with Gasteiger partial charge in [0.2, 0.25) is 0 Å². The molecule has 0 aliphatic heterocycles. The lowest BCUT2D eigenvalue weighted by Gasteiger charge is -2.15. The number of carbonyl (C=O) groups excluding carboxylic acids is 1. The summed E-state index contributed by atoms with van der Waals surface area (Å²) in [5, 5.41) is 11.5. The van der Waals surface area contributed by atoms with E-state index in [-0.39, 0.29) is 35.9 Å². The minimum atomic E-state index is -0.975. The number of rotatable bonds is 8. The Morgan fingerprint density at radius 1 is 1.23 bits per heavy atom. The van der Waals surface area contributed by atoms with E-state index < -0.39 is 17.4 Å². The monoisotopic (exact) mass is 452 g/mol. The number of benzene rings is 1. The van der Waals surface area contributed by atoms with E-state index in [1.165, 1.54) is 30.2 Å². The van der Waals surface area contributed by atoms with Crippen molar-refractivity contribution in [3.8, 4) is 5.75 Å². The number of thioether (sulfide) groups is 1. The fourth-order valence-electron chi connectivity index (χ4n) is 2.86. The molecule has 3 aromatic rings. The minimum Gasteiger partial charge on any atom is -0.491 e. The molecule has 0 radical (unpaired) electrons. The Hall–Kier alpha value is -2.56. The van der Waals surface area contributed by atoms with Crippen LogP contribution < -0.4 is 16.0 Å². The molecule has 9 nitrogen and oxygen atoms in total. The normalized spacial score (nSPS) is 12.3. The van der Waals surface area contributed by atoms with Gasteiger partial charge in [0.25, 0.3) is 5.56 Å². The maximum absolute atomic E-state index is 12.8. The molecule has 11 heteroatoms. The van der Waals surface area contributed by atoms with Gasteiger partial charge in [0.1, 0.15) is 24.2 Å². The van der Waals surface area contributed by atoms with Gasteiger partial charge in [0.15, 0.2) is 16.3 Å². The number of aliphatic hydroxyl groups excluding tert-OH is 1. The number of carbonyl (C=O) groups is 1. The molecule has 2 heterocycles. The first kappa shape index (κ1) is 22.1. The molecule has 0 aliphatic rings. The molecule has 0 saturated heterocycles. The number of aryl methyl sites for hydroxylation is 1. The highest BCUT2D eigenvalue weighted by molar-refractivity contribution is 7.99. The first-order valence-electron chi connectivity index (χ1n) is 9.04. The fourth-order valence-corrected chi connectivity index (χ4v) is 3.79. The van der Waals surface area contributed by atoms with Gasteiger partial charge in [-0.15, -0.1) is 0 Å². The van der Waals surface area contributed by atoms with Crippen molar-refractivity contribution in [2.45, 2.75) is 24.7 Å². The van der Waals surface area contributed by atoms with Crippen molar-refractivity contribution in [1.82, 2.24) is 18.7 Å². The summed E-state index contributed by atoms with van der Waals surface area (Å²) in [6.45, 7) is 1.41. The van der Waals surface area contributed by atoms with Crippen LogP contribution in [0.1, 0.15) is 6.92 Å². The maximum Gasteiger partial charge on any atom is 0.332 e. The summed E-state index contributed by atoms with van der Waals surface area (Å²) in [5.41, 5.74) is -0.663. The van der Waals surface area contributed by atoms with Gasteiger partial charge in [-0.25, -0.2) is 9.78 Å². The molecule has 30 heavy (non-hydrogen) atoms. The number of halogens is 1. The van der Waals surface area contributed by atoms with E-state index in [0.29, 0.717) is 15.9 Å². The molecule has 1 N–H and O–H groups in total. The first-order chi connectivity index (χ1) is 14.2. The predicted molar refractivity (Wildman–Crippen MR) is 115 cm³/mol. The molecule has 0 amide bonds. The summed E-state index contributed by atoms with van der Waals surface area (Å²) < 4.78 is 9.35. The minimum absolute atomic E-state index is 0.00221. The molecule has 3 rings (SSSR count). The molecular weight excluding hydrogens is 432 g/mol. The second-order valence-corrected chi connectivity index (χ2v) is 8.17. The van der Waals surface area contributed by atoms with E-state index in [1.807, 2.05) is 0 Å². The molecular formula is C19H21ClN4O5S. The van der Waals surface area contributed by atoms with Crippen molar-refractivity contribution >= 4 is 40.3 Å². The number of aromatic nitrogens is 4. The molecule has 1 atom stereocenters. The second-order valence-electron chi connectivity index (χ2n) is 6.79. The van der Waals surface area contributed by atoms with Crippen LogP contribution in [0, 0.1) is 0 Å². The Labute approximate surface area is 180 Å². The van der Waals surface area contributed by atoms with Crippen molar-refractivity contribution in [2.24, 2.45) is 14.1 Å². The van der Waals surface area contributed by atoms with Crippen molar-refractivity contribution in [3.05, 3.63) is 50.1 Å². The van der Waals surface area contributed by atoms with Gasteiger partial charge in [0, 0.05) is 19.1 Å². The van der Waals surface area contributed by atoms with Gasteiger partial charge in [-0.3, -0.25) is 18.7 Å². The summed E-state index contributed by atoms with van der Waals surface area (Å²) in [6, 6.07) is 6.71. The lowest BCUT2D eigenvalue weighted by Crippen LogP contribution is -2.38. The largest absolute Gasteiger partial charge is 0.491 e. The molecule has 0 fully saturated rings. The van der Waals surface area contributed by atoms with E-state index in [1.54, 1.807) is 24.3 Å². The van der Waals surface area contributed by atoms with E-state index in [9.17, 15) is 19.5 Å². The lowest BCUT2D eigenvalue weighted by atomic mass is 10.3. The van der Waals surface area contributed by atoms with Gasteiger partial charge >= 0.3 is 5.69 Å². The highest BCUT2D eigenvalue weighted by atomic mass is 35.5. The van der Waals surface area contributed by atoms with Gasteiger partial charge in [-0.2, -0.15) is 0 Å². The van der Waals surface area contributed by atoms with Gasteiger partial charge in [0.05, 0.1) is 12.3 Å². The highest BCUT2D eigenvalue weighted by Gasteiger charge is 2.21. The standard InChI is InChI=1S/C19H21ClN4O5S/c1-11(25)10-30-18-21-16-15(17(27)23(3)19(28)22(16)2)24(18)8-13(26)9-29-14-6-4-12(20)5-7-14/h4-7,13,26H,8-10H2,1-3H3/t13-/m0/s1. The summed E-state index contributed by atoms with van der Waals surface area (Å²) in [7, 11) is 2.89. The zero-order valence-corrected chi connectivity index (χ0v) is 18.2. The third-order valence-electron chi connectivity index (χ3n) is 4.37. The number of hydrogen-bond donors (Lipinski definition) is 1. The van der Waals surface area contributed by atoms with Crippen LogP contribution in [0.2, 0.25) is 5.02 Å². The average Bonchev–Trinajstić information content (AvgIpc) is 3.07. The summed E-state index contributed by atoms with van der Waals surface area (Å²) in [4.78, 5) is 40.8. The molecule has 160 valence electrons. The quantitative estimate of drug-likeness (QED) is 0.511. The molecule has 0 unspecified atom stereocenters. The summed E-state index contributed by atoms with van der Waals surface area (Å²) in [5.74, 6) is 0.625. The smallest absolute Gasteiger partial charge is 0.332 e. The van der Waals surface area contributed by atoms with Crippen LogP contribution in [0.3, 0.4) is 0 Å². The van der Waals surface area contributed by atoms with E-state index in [0.717, 1.165) is 16.3 Å². The number of nitrogens with zero attached hydrogens (tertiary/aromatic N) is 4. The Morgan fingerprint density at radius 3 is 2.53 bits per heavy atom. The third-order valence-corrected chi connectivity index (χ3v) is 5.74. The number of ketones is 1. The molecule has 0 spiro atoms. The topological polar surface area (TPSA) is 108 Å². The summed E-state index contributed by atoms with van der Waals surface area (Å²) >= 11 is 6.99. The van der Waals surface area contributed by atoms with Crippen LogP contribution in [-0.4, -0.2) is 48.0 Å². The zero-order chi connectivity index (χ0) is 22.0. The van der Waals surface area contributed by atoms with Crippen LogP contribution >= 0.6 is 23.4 Å². The summed E-state index contributed by atoms with van der Waals surface area (Å²) in [6.07, 6.45) is -0.975. The Bertz CT molecular complexity index is 1200. The fraction of sp³-hybridized carbons (Fsp3) is 0.368. The molecule has 0 bridgehead atoms. The van der Waals surface area contributed by atoms with E-state index in [2.05, 4.69) is 4.98 Å². The number of ether oxygens (including phenoxy) is 1. The predicted octanol–water partition coefficient (Wildman–Crippen LogP) is 1.21. The van der Waals surface area contributed by atoms with Crippen molar-refractivity contribution < 1.29 is 14.6 Å². The molecule has 0 saturated carbocycles. The number of hydrogen-bond acceptors (Lipinski definition) is 7. The Morgan fingerprint density at radius 2 is 1.90 bits per heavy atom. The van der Waals surface area contributed by atoms with Crippen LogP contribution in [0.5, 0.6) is 5.75 Å². The average molecular weight is 453 g/mol. The highest BCUT2D eigenvalue weighted by Crippen LogP contribution is 2.22. The Balaban J connectivity index is 1.94. The van der Waals surface area contributed by atoms with Crippen molar-refractivity contribution in [3.63, 3.8) is 0 Å². The first-order valence-corrected chi connectivity index (χ1v) is 10.4. The van der Waals surface area contributed by atoms with Crippen LogP contribution in [0.25, 0.3) is 11.2 Å². The van der Waals surface area contributed by atoms with E-state index >= 15 is 0 Å². The lowest BCUT2D eigenvalue weighted by molar-refractivity contribution is -0.114. The number of imidazole rings is 1. The number of Topliss-reactive ketones (excluding diaryl/α,β-unsaturated/α-hetero) is 1. The van der Waals surface area contributed by atoms with Crippen LogP contribution in [-0.2, 0) is 25.4 Å². The second kappa shape index (κ2) is 9.07. The van der Waals surface area contributed by atoms with Gasteiger partial charge in [-0.1, -0.05) is 23.4 Å². The third kappa shape index (κ3) is 4.61. The van der Waals surface area contributed by atoms with Crippen LogP contribution in [0.15, 0.2) is 39.0 Å². The molecule has 0 aliphatic carbocycles. The van der Waals surface area contributed by atoms with Gasteiger partial charge in [-0.05, 0) is 31.2 Å². The van der Waals surface area contributed by atoms with Gasteiger partial charge < -0.3 is 14.4 Å². The van der Waals surface area contributed by atoms with Crippen molar-refractivity contribution in [2.75, 3.05) is 12.4 Å². The Kier molecular flexibility index (Phi) is 6.69. The SMILES string of the molecule is CC(=O)CSc1nc2c(c(=O)n(C)c(=O)n2C)n1C[C@H](O)COc1ccc(Cl)cc1. The maximum atomic E-state index is 12.8. The zero-order valence-electron chi connectivity index (χ0n) is 16.7. The van der Waals surface area contributed by atoms with Crippen molar-refractivity contribution in [1.29, 1.82) is 0 Å². The molecule has 1 aromatic carbocycles. The number of fused-ring (bicyclic) bond motifs is 1. The van der Waals surface area contributed by atoms with E-state index in [4.69, 9.17) is 16.3 Å². The molecule has 2 aromatic heterocycles. The number of aliphatic hydroxyl groups is 1.